The average molecular weight is 265 g/mol. The Morgan fingerprint density at radius 1 is 1.42 bits per heavy atom. The van der Waals surface area contributed by atoms with E-state index in [0.29, 0.717) is 12.0 Å². The second kappa shape index (κ2) is 7.01. The zero-order valence-electron chi connectivity index (χ0n) is 12.3. The van der Waals surface area contributed by atoms with Gasteiger partial charge in [-0.15, -0.1) is 0 Å². The largest absolute Gasteiger partial charge is 0.330 e. The molecule has 2 N–H and O–H groups in total. The van der Waals surface area contributed by atoms with Crippen molar-refractivity contribution in [2.45, 2.75) is 58.2 Å². The van der Waals surface area contributed by atoms with Crippen LogP contribution in [0.1, 0.15) is 44.9 Å². The summed E-state index contributed by atoms with van der Waals surface area (Å²) in [5.74, 6) is 1.71. The second-order valence-electron chi connectivity index (χ2n) is 5.66. The maximum atomic E-state index is 5.92. The second-order valence-corrected chi connectivity index (χ2v) is 5.66. The number of aryl methyl sites for hydroxylation is 1. The summed E-state index contributed by atoms with van der Waals surface area (Å²) in [4.78, 5) is 6.82. The molecule has 0 amide bonds. The molecular formula is C14H27N5. The third-order valence-corrected chi connectivity index (χ3v) is 4.26. The molecule has 2 rings (SSSR count). The Labute approximate surface area is 116 Å². The van der Waals surface area contributed by atoms with Crippen molar-refractivity contribution in [3.05, 3.63) is 12.2 Å². The summed E-state index contributed by atoms with van der Waals surface area (Å²) < 4.78 is 2.02. The van der Waals surface area contributed by atoms with Crippen LogP contribution in [0.2, 0.25) is 0 Å². The van der Waals surface area contributed by atoms with E-state index in [0.717, 1.165) is 31.9 Å². The van der Waals surface area contributed by atoms with Crippen LogP contribution in [0.15, 0.2) is 6.33 Å². The van der Waals surface area contributed by atoms with E-state index in [9.17, 15) is 0 Å². The van der Waals surface area contributed by atoms with Gasteiger partial charge >= 0.3 is 0 Å². The van der Waals surface area contributed by atoms with E-state index in [1.807, 2.05) is 4.68 Å². The molecule has 1 aromatic heterocycles. The van der Waals surface area contributed by atoms with Crippen molar-refractivity contribution >= 4 is 0 Å². The maximum absolute atomic E-state index is 5.92. The van der Waals surface area contributed by atoms with E-state index in [4.69, 9.17) is 5.73 Å². The summed E-state index contributed by atoms with van der Waals surface area (Å²) in [6, 6.07) is 0.602. The highest BCUT2D eigenvalue weighted by Gasteiger charge is 2.27. The highest BCUT2D eigenvalue weighted by molar-refractivity contribution is 4.89. The molecule has 1 aromatic rings. The first kappa shape index (κ1) is 14.5. The molecule has 1 aliphatic carbocycles. The molecule has 2 atom stereocenters. The standard InChI is InChI=1S/C14H27N5/c1-3-8-19-14(16-11-17-19)10-18(2)13-7-5-4-6-12(13)9-15/h11-13H,3-10,15H2,1-2H3. The molecule has 1 fully saturated rings. The van der Waals surface area contributed by atoms with Gasteiger partial charge in [0.05, 0.1) is 6.54 Å². The molecule has 19 heavy (non-hydrogen) atoms. The van der Waals surface area contributed by atoms with E-state index in [1.54, 1.807) is 6.33 Å². The van der Waals surface area contributed by atoms with Gasteiger partial charge in [-0.1, -0.05) is 19.8 Å². The van der Waals surface area contributed by atoms with Gasteiger partial charge < -0.3 is 5.73 Å². The molecule has 1 aliphatic rings. The maximum Gasteiger partial charge on any atom is 0.141 e. The Kier molecular flexibility index (Phi) is 5.34. The van der Waals surface area contributed by atoms with Crippen LogP contribution >= 0.6 is 0 Å². The minimum atomic E-state index is 0.602. The monoisotopic (exact) mass is 265 g/mol. The molecule has 0 aromatic carbocycles. The predicted octanol–water partition coefficient (Wildman–Crippen LogP) is 1.64. The summed E-state index contributed by atoms with van der Waals surface area (Å²) in [7, 11) is 2.20. The van der Waals surface area contributed by atoms with Crippen LogP contribution in [0.5, 0.6) is 0 Å². The third-order valence-electron chi connectivity index (χ3n) is 4.26. The lowest BCUT2D eigenvalue weighted by molar-refractivity contribution is 0.123. The van der Waals surface area contributed by atoms with Crippen molar-refractivity contribution in [3.8, 4) is 0 Å². The van der Waals surface area contributed by atoms with Gasteiger partial charge in [-0.2, -0.15) is 5.10 Å². The SMILES string of the molecule is CCCn1ncnc1CN(C)C1CCCCC1CN. The lowest BCUT2D eigenvalue weighted by Crippen LogP contribution is -2.43. The average Bonchev–Trinajstić information content (AvgIpc) is 2.86. The highest BCUT2D eigenvalue weighted by atomic mass is 15.3. The van der Waals surface area contributed by atoms with Crippen molar-refractivity contribution < 1.29 is 0 Å². The summed E-state index contributed by atoms with van der Waals surface area (Å²) in [5.41, 5.74) is 5.92. The molecule has 0 saturated heterocycles. The fourth-order valence-corrected chi connectivity index (χ4v) is 3.19. The molecule has 0 aliphatic heterocycles. The van der Waals surface area contributed by atoms with E-state index >= 15 is 0 Å². The lowest BCUT2D eigenvalue weighted by Gasteiger charge is -2.37. The smallest absolute Gasteiger partial charge is 0.141 e. The highest BCUT2D eigenvalue weighted by Crippen LogP contribution is 2.27. The van der Waals surface area contributed by atoms with Gasteiger partial charge in [0.25, 0.3) is 0 Å². The molecule has 108 valence electrons. The minimum Gasteiger partial charge on any atom is -0.330 e. The Balaban J connectivity index is 1.98. The first-order chi connectivity index (χ1) is 9.26. The Morgan fingerprint density at radius 3 is 2.95 bits per heavy atom. The van der Waals surface area contributed by atoms with Crippen molar-refractivity contribution in [3.63, 3.8) is 0 Å². The van der Waals surface area contributed by atoms with Crippen molar-refractivity contribution in [2.24, 2.45) is 11.7 Å². The fraction of sp³-hybridized carbons (Fsp3) is 0.857. The van der Waals surface area contributed by atoms with E-state index < -0.39 is 0 Å². The molecule has 5 heteroatoms. The quantitative estimate of drug-likeness (QED) is 0.849. The number of nitrogens with zero attached hydrogens (tertiary/aromatic N) is 4. The molecule has 2 unspecified atom stereocenters. The number of aromatic nitrogens is 3. The zero-order valence-corrected chi connectivity index (χ0v) is 12.3. The number of hydrogen-bond acceptors (Lipinski definition) is 4. The zero-order chi connectivity index (χ0) is 13.7. The summed E-state index contributed by atoms with van der Waals surface area (Å²) >= 11 is 0. The first-order valence-electron chi connectivity index (χ1n) is 7.53. The van der Waals surface area contributed by atoms with Crippen LogP contribution in [0.25, 0.3) is 0 Å². The molecule has 0 radical (unpaired) electrons. The normalized spacial score (nSPS) is 24.0. The van der Waals surface area contributed by atoms with Crippen LogP contribution < -0.4 is 5.73 Å². The van der Waals surface area contributed by atoms with Gasteiger partial charge in [0, 0.05) is 12.6 Å². The minimum absolute atomic E-state index is 0.602. The van der Waals surface area contributed by atoms with Gasteiger partial charge in [0.1, 0.15) is 12.2 Å². The van der Waals surface area contributed by atoms with Crippen LogP contribution in [-0.2, 0) is 13.1 Å². The molecular weight excluding hydrogens is 238 g/mol. The summed E-state index contributed by atoms with van der Waals surface area (Å²) in [5, 5.41) is 4.30. The summed E-state index contributed by atoms with van der Waals surface area (Å²) in [6.07, 6.45) is 7.95. The number of hydrogen-bond donors (Lipinski definition) is 1. The van der Waals surface area contributed by atoms with E-state index in [2.05, 4.69) is 29.0 Å². The van der Waals surface area contributed by atoms with Crippen molar-refractivity contribution in [2.75, 3.05) is 13.6 Å². The third kappa shape index (κ3) is 3.54. The molecule has 1 saturated carbocycles. The summed E-state index contributed by atoms with van der Waals surface area (Å²) in [6.45, 7) is 4.80. The predicted molar refractivity (Wildman–Crippen MR) is 76.6 cm³/mol. The Morgan fingerprint density at radius 2 is 2.21 bits per heavy atom. The lowest BCUT2D eigenvalue weighted by atomic mass is 9.84. The first-order valence-corrected chi connectivity index (χ1v) is 7.53. The van der Waals surface area contributed by atoms with Gasteiger partial charge in [0.15, 0.2) is 0 Å². The Hall–Kier alpha value is -0.940. The van der Waals surface area contributed by atoms with E-state index in [-0.39, 0.29) is 0 Å². The van der Waals surface area contributed by atoms with Crippen molar-refractivity contribution in [1.29, 1.82) is 0 Å². The Bertz CT molecular complexity index is 376. The molecule has 0 bridgehead atoms. The number of nitrogens with two attached hydrogens (primary N) is 1. The van der Waals surface area contributed by atoms with Gasteiger partial charge in [-0.3, -0.25) is 4.90 Å². The van der Waals surface area contributed by atoms with Crippen LogP contribution in [0.4, 0.5) is 0 Å². The number of rotatable bonds is 6. The van der Waals surface area contributed by atoms with Gasteiger partial charge in [-0.05, 0) is 38.8 Å². The van der Waals surface area contributed by atoms with Gasteiger partial charge in [0.2, 0.25) is 0 Å². The van der Waals surface area contributed by atoms with Crippen LogP contribution in [0, 0.1) is 5.92 Å². The topological polar surface area (TPSA) is 60.0 Å². The fourth-order valence-electron chi connectivity index (χ4n) is 3.19. The molecule has 0 spiro atoms. The van der Waals surface area contributed by atoms with Crippen LogP contribution in [-0.4, -0.2) is 39.3 Å². The van der Waals surface area contributed by atoms with Crippen molar-refractivity contribution in [1.82, 2.24) is 19.7 Å². The van der Waals surface area contributed by atoms with Crippen LogP contribution in [0.3, 0.4) is 0 Å². The molecule has 5 nitrogen and oxygen atoms in total. The van der Waals surface area contributed by atoms with E-state index in [1.165, 1.54) is 25.7 Å². The van der Waals surface area contributed by atoms with Gasteiger partial charge in [-0.25, -0.2) is 9.67 Å². The molecule has 1 heterocycles.